The molecule has 46 heavy (non-hydrogen) atoms. The van der Waals surface area contributed by atoms with Crippen molar-refractivity contribution in [2.24, 2.45) is 0 Å². The van der Waals surface area contributed by atoms with Gasteiger partial charge in [0.1, 0.15) is 0 Å². The second-order valence-corrected chi connectivity index (χ2v) is 11.7. The average molecular weight is 586 g/mol. The van der Waals surface area contributed by atoms with Crippen LogP contribution in [0.1, 0.15) is 0 Å². The third-order valence-corrected chi connectivity index (χ3v) is 9.11. The smallest absolute Gasteiger partial charge is 0.188 e. The van der Waals surface area contributed by atoms with Crippen LogP contribution in [0.5, 0.6) is 0 Å². The second-order valence-electron chi connectivity index (χ2n) is 11.7. The normalized spacial score (nSPS) is 11.5. The minimum Gasteiger partial charge on any atom is -0.309 e. The number of hydrogen-bond donors (Lipinski definition) is 0. The Morgan fingerprint density at radius 1 is 0.348 bits per heavy atom. The second kappa shape index (κ2) is 10.4. The first-order valence-corrected chi connectivity index (χ1v) is 15.5. The molecule has 0 aliphatic rings. The van der Waals surface area contributed by atoms with Gasteiger partial charge in [0.05, 0.1) is 28.6 Å². The Balaban J connectivity index is 1.24. The van der Waals surface area contributed by atoms with Gasteiger partial charge in [-0.2, -0.15) is 0 Å². The summed E-state index contributed by atoms with van der Waals surface area (Å²) in [5, 5.41) is 4.68. The average Bonchev–Trinajstić information content (AvgIpc) is 3.64. The Kier molecular flexibility index (Phi) is 5.88. The summed E-state index contributed by atoms with van der Waals surface area (Å²) in [6, 6.07) is 58.0. The van der Waals surface area contributed by atoms with E-state index in [2.05, 4.69) is 160 Å². The molecule has 7 aromatic carbocycles. The molecule has 0 bridgehead atoms. The van der Waals surface area contributed by atoms with E-state index in [1.54, 1.807) is 0 Å². The summed E-state index contributed by atoms with van der Waals surface area (Å²) in [4.78, 5) is 3.74. The van der Waals surface area contributed by atoms with Crippen LogP contribution < -0.4 is 0 Å². The number of nitrogens with zero attached hydrogens (tertiary/aromatic N) is 3. The van der Waals surface area contributed by atoms with E-state index in [4.69, 9.17) is 6.57 Å². The first kappa shape index (κ1) is 26.1. The first-order valence-electron chi connectivity index (χ1n) is 15.5. The Morgan fingerprint density at radius 3 is 1.57 bits per heavy atom. The van der Waals surface area contributed by atoms with Crippen LogP contribution in [-0.4, -0.2) is 9.13 Å². The standard InChI is InChI=1S/C43H27N3/c1-44-33-21-24-43-39(28-33)38-27-32(20-23-42(38)45(43)34-14-6-3-7-15-34)31-19-22-41-37(26-31)36-17-8-9-18-40(36)46(41)35-16-10-13-30(25-35)29-11-4-2-5-12-29/h2-28H. The molecule has 3 nitrogen and oxygen atoms in total. The molecule has 0 N–H and O–H groups in total. The topological polar surface area (TPSA) is 14.2 Å². The van der Waals surface area contributed by atoms with Gasteiger partial charge in [0, 0.05) is 27.5 Å². The Bertz CT molecular complexity index is 2630. The molecular formula is C43H27N3. The van der Waals surface area contributed by atoms with Crippen molar-refractivity contribution < 1.29 is 0 Å². The van der Waals surface area contributed by atoms with Gasteiger partial charge in [-0.25, -0.2) is 4.85 Å². The molecular weight excluding hydrogens is 558 g/mol. The molecule has 0 atom stereocenters. The summed E-state index contributed by atoms with van der Waals surface area (Å²) in [6.45, 7) is 7.65. The zero-order valence-electron chi connectivity index (χ0n) is 24.9. The van der Waals surface area contributed by atoms with Crippen molar-refractivity contribution in [2.45, 2.75) is 0 Å². The largest absolute Gasteiger partial charge is 0.309 e. The van der Waals surface area contributed by atoms with E-state index in [0.717, 1.165) is 44.3 Å². The summed E-state index contributed by atoms with van der Waals surface area (Å²) in [6.07, 6.45) is 0. The zero-order valence-corrected chi connectivity index (χ0v) is 24.9. The number of aromatic nitrogens is 2. The number of benzene rings is 7. The van der Waals surface area contributed by atoms with Crippen LogP contribution in [0.3, 0.4) is 0 Å². The van der Waals surface area contributed by atoms with Crippen LogP contribution in [0.2, 0.25) is 0 Å². The molecule has 0 saturated heterocycles. The van der Waals surface area contributed by atoms with Gasteiger partial charge in [0.2, 0.25) is 0 Å². The molecule has 9 aromatic rings. The molecule has 0 aliphatic heterocycles. The highest BCUT2D eigenvalue weighted by molar-refractivity contribution is 6.13. The van der Waals surface area contributed by atoms with E-state index >= 15 is 0 Å². The predicted octanol–water partition coefficient (Wildman–Crippen LogP) is 11.8. The predicted molar refractivity (Wildman–Crippen MR) is 192 cm³/mol. The quantitative estimate of drug-likeness (QED) is 0.182. The summed E-state index contributed by atoms with van der Waals surface area (Å²) in [7, 11) is 0. The summed E-state index contributed by atoms with van der Waals surface area (Å²) in [5.74, 6) is 0. The molecule has 214 valence electrons. The molecule has 0 radical (unpaired) electrons. The van der Waals surface area contributed by atoms with Crippen LogP contribution in [0.25, 0.3) is 82.1 Å². The van der Waals surface area contributed by atoms with Crippen molar-refractivity contribution in [1.82, 2.24) is 9.13 Å². The maximum atomic E-state index is 7.65. The molecule has 0 spiro atoms. The molecule has 2 aromatic heterocycles. The lowest BCUT2D eigenvalue weighted by Crippen LogP contribution is -1.94. The van der Waals surface area contributed by atoms with E-state index in [9.17, 15) is 0 Å². The van der Waals surface area contributed by atoms with Crippen LogP contribution in [-0.2, 0) is 0 Å². The molecule has 9 rings (SSSR count). The Morgan fingerprint density at radius 2 is 0.848 bits per heavy atom. The van der Waals surface area contributed by atoms with Crippen molar-refractivity contribution >= 4 is 49.3 Å². The van der Waals surface area contributed by atoms with Crippen LogP contribution in [0.15, 0.2) is 164 Å². The van der Waals surface area contributed by atoms with E-state index < -0.39 is 0 Å². The minimum atomic E-state index is 0.649. The van der Waals surface area contributed by atoms with Gasteiger partial charge in [-0.05, 0) is 94.4 Å². The van der Waals surface area contributed by atoms with E-state index in [1.165, 1.54) is 32.9 Å². The Hall–Kier alpha value is -6.37. The van der Waals surface area contributed by atoms with Gasteiger partial charge in [-0.3, -0.25) is 0 Å². The van der Waals surface area contributed by atoms with Crippen molar-refractivity contribution in [2.75, 3.05) is 0 Å². The van der Waals surface area contributed by atoms with Gasteiger partial charge in [-0.1, -0.05) is 97.1 Å². The molecule has 0 unspecified atom stereocenters. The van der Waals surface area contributed by atoms with Gasteiger partial charge in [-0.15, -0.1) is 0 Å². The lowest BCUT2D eigenvalue weighted by Gasteiger charge is -2.11. The summed E-state index contributed by atoms with van der Waals surface area (Å²) in [5.41, 5.74) is 12.2. The van der Waals surface area contributed by atoms with Crippen molar-refractivity contribution in [3.05, 3.63) is 175 Å². The molecule has 0 amide bonds. The third-order valence-electron chi connectivity index (χ3n) is 9.11. The number of hydrogen-bond acceptors (Lipinski definition) is 0. The van der Waals surface area contributed by atoms with E-state index in [1.807, 2.05) is 18.2 Å². The first-order chi connectivity index (χ1) is 22.8. The van der Waals surface area contributed by atoms with Gasteiger partial charge in [0.25, 0.3) is 0 Å². The highest BCUT2D eigenvalue weighted by Crippen LogP contribution is 2.39. The highest BCUT2D eigenvalue weighted by Gasteiger charge is 2.16. The number of rotatable bonds is 4. The fourth-order valence-corrected chi connectivity index (χ4v) is 7.00. The monoisotopic (exact) mass is 585 g/mol. The Labute approximate surface area is 266 Å². The van der Waals surface area contributed by atoms with Crippen LogP contribution >= 0.6 is 0 Å². The number of fused-ring (bicyclic) bond motifs is 6. The molecule has 2 heterocycles. The maximum Gasteiger partial charge on any atom is 0.188 e. The fraction of sp³-hybridized carbons (Fsp3) is 0. The highest BCUT2D eigenvalue weighted by atomic mass is 15.0. The van der Waals surface area contributed by atoms with Crippen molar-refractivity contribution in [3.63, 3.8) is 0 Å². The molecule has 0 aliphatic carbocycles. The van der Waals surface area contributed by atoms with Gasteiger partial charge >= 0.3 is 0 Å². The summed E-state index contributed by atoms with van der Waals surface area (Å²) < 4.78 is 4.67. The molecule has 0 fully saturated rings. The minimum absolute atomic E-state index is 0.649. The maximum absolute atomic E-state index is 7.65. The summed E-state index contributed by atoms with van der Waals surface area (Å²) >= 11 is 0. The van der Waals surface area contributed by atoms with Crippen molar-refractivity contribution in [1.29, 1.82) is 0 Å². The van der Waals surface area contributed by atoms with Crippen LogP contribution in [0, 0.1) is 6.57 Å². The zero-order chi connectivity index (χ0) is 30.6. The van der Waals surface area contributed by atoms with E-state index in [-0.39, 0.29) is 0 Å². The number of para-hydroxylation sites is 2. The van der Waals surface area contributed by atoms with Gasteiger partial charge < -0.3 is 9.13 Å². The van der Waals surface area contributed by atoms with Crippen LogP contribution in [0.4, 0.5) is 5.69 Å². The SMILES string of the molecule is [C-]#[N+]c1ccc2c(c1)c1cc(-c3ccc4c(c3)c3ccccc3n4-c3cccc(-c4ccccc4)c3)ccc1n2-c1ccccc1. The third kappa shape index (κ3) is 4.05. The molecule has 3 heteroatoms. The fourth-order valence-electron chi connectivity index (χ4n) is 7.00. The molecule has 0 saturated carbocycles. The van der Waals surface area contributed by atoms with E-state index in [0.29, 0.717) is 5.69 Å². The van der Waals surface area contributed by atoms with Crippen molar-refractivity contribution in [3.8, 4) is 33.6 Å². The lowest BCUT2D eigenvalue weighted by atomic mass is 10.0. The lowest BCUT2D eigenvalue weighted by molar-refractivity contribution is 1.18. The van der Waals surface area contributed by atoms with Gasteiger partial charge in [0.15, 0.2) is 5.69 Å².